The molecule has 0 spiro atoms. The summed E-state index contributed by atoms with van der Waals surface area (Å²) in [5, 5.41) is 14.2. The smallest absolute Gasteiger partial charge is 0.159 e. The highest BCUT2D eigenvalue weighted by atomic mass is 16.3. The molecule has 0 aliphatic rings. The fraction of sp³-hybridized carbons (Fsp3) is 0.385. The molecule has 0 saturated carbocycles. The predicted molar refractivity (Wildman–Crippen MR) is 66.2 cm³/mol. The van der Waals surface area contributed by atoms with Gasteiger partial charge in [-0.25, -0.2) is 9.67 Å². The van der Waals surface area contributed by atoms with Crippen LogP contribution < -0.4 is 0 Å². The summed E-state index contributed by atoms with van der Waals surface area (Å²) in [7, 11) is 0. The molecule has 2 heterocycles. The van der Waals surface area contributed by atoms with Gasteiger partial charge in [0, 0.05) is 17.5 Å². The molecule has 0 aromatic carbocycles. The maximum absolute atomic E-state index is 9.75. The molecular weight excluding hydrogens is 214 g/mol. The van der Waals surface area contributed by atoms with E-state index in [0.29, 0.717) is 5.82 Å². The summed E-state index contributed by atoms with van der Waals surface area (Å²) < 4.78 is 1.80. The van der Waals surface area contributed by atoms with Gasteiger partial charge in [-0.1, -0.05) is 6.07 Å². The molecule has 0 aliphatic heterocycles. The molecule has 0 radical (unpaired) electrons. The van der Waals surface area contributed by atoms with Gasteiger partial charge in [0.25, 0.3) is 0 Å². The van der Waals surface area contributed by atoms with Gasteiger partial charge >= 0.3 is 0 Å². The number of hydrogen-bond acceptors (Lipinski definition) is 3. The maximum Gasteiger partial charge on any atom is 0.159 e. The third kappa shape index (κ3) is 1.96. The van der Waals surface area contributed by atoms with Crippen molar-refractivity contribution in [1.29, 1.82) is 0 Å². The van der Waals surface area contributed by atoms with Crippen LogP contribution in [0, 0.1) is 20.8 Å². The lowest BCUT2D eigenvalue weighted by Crippen LogP contribution is -2.08. The third-order valence-corrected chi connectivity index (χ3v) is 3.12. The van der Waals surface area contributed by atoms with Crippen molar-refractivity contribution in [2.24, 2.45) is 0 Å². The molecule has 0 bridgehead atoms. The Labute approximate surface area is 101 Å². The summed E-state index contributed by atoms with van der Waals surface area (Å²) in [6.07, 6.45) is 1.16. The van der Waals surface area contributed by atoms with Crippen molar-refractivity contribution < 1.29 is 5.11 Å². The van der Waals surface area contributed by atoms with Crippen molar-refractivity contribution in [3.63, 3.8) is 0 Å². The van der Waals surface area contributed by atoms with Gasteiger partial charge < -0.3 is 5.11 Å². The summed E-state index contributed by atoms with van der Waals surface area (Å²) in [6, 6.07) is 3.70. The lowest BCUT2D eigenvalue weighted by molar-refractivity contribution is 0.198. The van der Waals surface area contributed by atoms with Gasteiger partial charge in [0.2, 0.25) is 0 Å². The summed E-state index contributed by atoms with van der Waals surface area (Å²) in [6.45, 7) is 7.76. The number of aliphatic hydroxyl groups excluding tert-OH is 1. The molecule has 2 aromatic rings. The van der Waals surface area contributed by atoms with Gasteiger partial charge in [-0.3, -0.25) is 0 Å². The second-order valence-electron chi connectivity index (χ2n) is 4.30. The molecular formula is C13H17N3O. The number of hydrogen-bond donors (Lipinski definition) is 1. The molecule has 4 nitrogen and oxygen atoms in total. The number of pyridine rings is 1. The average molecular weight is 231 g/mol. The van der Waals surface area contributed by atoms with E-state index in [9.17, 15) is 5.11 Å². The Morgan fingerprint density at radius 3 is 2.53 bits per heavy atom. The fourth-order valence-corrected chi connectivity index (χ4v) is 1.84. The first-order valence-corrected chi connectivity index (χ1v) is 5.68. The van der Waals surface area contributed by atoms with Crippen LogP contribution in [0.5, 0.6) is 0 Å². The standard InChI is InChI=1S/C13H17N3O/c1-8-9(2)15-16(10(8)3)13-12(11(4)17)6-5-7-14-13/h5-7,11,17H,1-4H3. The monoisotopic (exact) mass is 231 g/mol. The molecule has 0 amide bonds. The Morgan fingerprint density at radius 2 is 2.00 bits per heavy atom. The van der Waals surface area contributed by atoms with Crippen LogP contribution >= 0.6 is 0 Å². The van der Waals surface area contributed by atoms with Crippen molar-refractivity contribution >= 4 is 0 Å². The summed E-state index contributed by atoms with van der Waals surface area (Å²) >= 11 is 0. The number of aliphatic hydroxyl groups is 1. The van der Waals surface area contributed by atoms with Crippen molar-refractivity contribution in [2.45, 2.75) is 33.8 Å². The molecule has 0 fully saturated rings. The van der Waals surface area contributed by atoms with Crippen LogP contribution in [0.2, 0.25) is 0 Å². The Morgan fingerprint density at radius 1 is 1.29 bits per heavy atom. The molecule has 1 N–H and O–H groups in total. The molecule has 2 rings (SSSR count). The van der Waals surface area contributed by atoms with Gasteiger partial charge in [0.15, 0.2) is 5.82 Å². The number of aromatic nitrogens is 3. The first-order chi connectivity index (χ1) is 8.02. The minimum absolute atomic E-state index is 0.553. The molecule has 2 aromatic heterocycles. The lowest BCUT2D eigenvalue weighted by atomic mass is 10.1. The normalized spacial score (nSPS) is 12.8. The van der Waals surface area contributed by atoms with Crippen molar-refractivity contribution in [1.82, 2.24) is 14.8 Å². The first-order valence-electron chi connectivity index (χ1n) is 5.68. The fourth-order valence-electron chi connectivity index (χ4n) is 1.84. The highest BCUT2D eigenvalue weighted by Crippen LogP contribution is 2.22. The molecule has 1 atom stereocenters. The van der Waals surface area contributed by atoms with E-state index in [1.165, 1.54) is 0 Å². The van der Waals surface area contributed by atoms with Gasteiger partial charge in [-0.15, -0.1) is 0 Å². The SMILES string of the molecule is Cc1nn(-c2ncccc2C(C)O)c(C)c1C. The Hall–Kier alpha value is -1.68. The van der Waals surface area contributed by atoms with E-state index >= 15 is 0 Å². The second kappa shape index (κ2) is 4.30. The predicted octanol–water partition coefficient (Wildman–Crippen LogP) is 2.25. The van der Waals surface area contributed by atoms with E-state index in [1.54, 1.807) is 17.8 Å². The number of aryl methyl sites for hydroxylation is 1. The van der Waals surface area contributed by atoms with Crippen molar-refractivity contribution in [3.05, 3.63) is 40.8 Å². The van der Waals surface area contributed by atoms with Crippen LogP contribution in [0.25, 0.3) is 5.82 Å². The Balaban J connectivity index is 2.64. The average Bonchev–Trinajstić information content (AvgIpc) is 2.57. The molecule has 0 aliphatic carbocycles. The number of rotatable bonds is 2. The van der Waals surface area contributed by atoms with Gasteiger partial charge in [0.05, 0.1) is 11.8 Å². The minimum Gasteiger partial charge on any atom is -0.389 e. The van der Waals surface area contributed by atoms with Gasteiger partial charge in [0.1, 0.15) is 0 Å². The summed E-state index contributed by atoms with van der Waals surface area (Å²) in [5.74, 6) is 0.705. The van der Waals surface area contributed by atoms with Crippen molar-refractivity contribution in [3.8, 4) is 5.82 Å². The third-order valence-electron chi connectivity index (χ3n) is 3.12. The summed E-state index contributed by atoms with van der Waals surface area (Å²) in [4.78, 5) is 4.33. The largest absolute Gasteiger partial charge is 0.389 e. The van der Waals surface area contributed by atoms with Crippen LogP contribution in [0.4, 0.5) is 0 Å². The molecule has 4 heteroatoms. The van der Waals surface area contributed by atoms with E-state index in [1.807, 2.05) is 32.9 Å². The van der Waals surface area contributed by atoms with E-state index in [0.717, 1.165) is 22.5 Å². The quantitative estimate of drug-likeness (QED) is 0.862. The van der Waals surface area contributed by atoms with Crippen LogP contribution in [-0.2, 0) is 0 Å². The van der Waals surface area contributed by atoms with Gasteiger partial charge in [-0.2, -0.15) is 5.10 Å². The van der Waals surface area contributed by atoms with Crippen LogP contribution in [0.1, 0.15) is 35.5 Å². The topological polar surface area (TPSA) is 50.9 Å². The highest BCUT2D eigenvalue weighted by Gasteiger charge is 2.15. The maximum atomic E-state index is 9.75. The minimum atomic E-state index is -0.553. The molecule has 17 heavy (non-hydrogen) atoms. The zero-order chi connectivity index (χ0) is 12.6. The second-order valence-corrected chi connectivity index (χ2v) is 4.30. The Bertz CT molecular complexity index is 544. The van der Waals surface area contributed by atoms with Crippen LogP contribution in [0.3, 0.4) is 0 Å². The molecule has 0 saturated heterocycles. The molecule has 90 valence electrons. The number of nitrogens with zero attached hydrogens (tertiary/aromatic N) is 3. The lowest BCUT2D eigenvalue weighted by Gasteiger charge is -2.11. The Kier molecular flexibility index (Phi) is 2.98. The molecule has 1 unspecified atom stereocenters. The van der Waals surface area contributed by atoms with Crippen LogP contribution in [0.15, 0.2) is 18.3 Å². The van der Waals surface area contributed by atoms with Gasteiger partial charge in [-0.05, 0) is 39.3 Å². The van der Waals surface area contributed by atoms with E-state index in [2.05, 4.69) is 10.1 Å². The van der Waals surface area contributed by atoms with E-state index < -0.39 is 6.10 Å². The summed E-state index contributed by atoms with van der Waals surface area (Å²) in [5.41, 5.74) is 4.00. The van der Waals surface area contributed by atoms with E-state index in [-0.39, 0.29) is 0 Å². The van der Waals surface area contributed by atoms with Crippen molar-refractivity contribution in [2.75, 3.05) is 0 Å². The van der Waals surface area contributed by atoms with Crippen LogP contribution in [-0.4, -0.2) is 19.9 Å². The first kappa shape index (κ1) is 11.8. The van der Waals surface area contributed by atoms with E-state index in [4.69, 9.17) is 0 Å². The zero-order valence-corrected chi connectivity index (χ0v) is 10.6. The zero-order valence-electron chi connectivity index (χ0n) is 10.6. The highest BCUT2D eigenvalue weighted by molar-refractivity contribution is 5.38.